The van der Waals surface area contributed by atoms with Crippen molar-refractivity contribution in [2.45, 2.75) is 19.6 Å². The Hall–Kier alpha value is -2.22. The molecule has 2 rings (SSSR count). The second kappa shape index (κ2) is 6.98. The van der Waals surface area contributed by atoms with E-state index in [-0.39, 0.29) is 18.1 Å². The maximum Gasteiger partial charge on any atom is 0.387 e. The lowest BCUT2D eigenvalue weighted by Gasteiger charge is -2.07. The third-order valence-corrected chi connectivity index (χ3v) is 3.27. The summed E-state index contributed by atoms with van der Waals surface area (Å²) in [7, 11) is 0. The second-order valence-electron chi connectivity index (χ2n) is 4.15. The van der Waals surface area contributed by atoms with Crippen LogP contribution in [-0.4, -0.2) is 17.5 Å². The van der Waals surface area contributed by atoms with Crippen LogP contribution >= 0.6 is 11.3 Å². The lowest BCUT2D eigenvalue weighted by Crippen LogP contribution is -2.24. The Kier molecular flexibility index (Phi) is 5.04. The van der Waals surface area contributed by atoms with E-state index in [4.69, 9.17) is 5.73 Å². The first-order chi connectivity index (χ1) is 10.0. The Morgan fingerprint density at radius 2 is 2.10 bits per heavy atom. The molecule has 0 saturated carbocycles. The molecular formula is C13H13F2N3O2S. The van der Waals surface area contributed by atoms with Crippen molar-refractivity contribution in [2.75, 3.05) is 5.73 Å². The molecule has 5 nitrogen and oxygen atoms in total. The molecule has 0 atom stereocenters. The first-order valence-electron chi connectivity index (χ1n) is 6.03. The summed E-state index contributed by atoms with van der Waals surface area (Å²) >= 11 is 1.28. The average molecular weight is 313 g/mol. The van der Waals surface area contributed by atoms with Crippen LogP contribution in [0.5, 0.6) is 5.75 Å². The quantitative estimate of drug-likeness (QED) is 0.857. The van der Waals surface area contributed by atoms with Crippen LogP contribution in [0.1, 0.15) is 11.3 Å². The predicted octanol–water partition coefficient (Wildman–Crippen LogP) is 2.19. The lowest BCUT2D eigenvalue weighted by molar-refractivity contribution is -0.120. The van der Waals surface area contributed by atoms with Crippen LogP contribution in [0.15, 0.2) is 29.6 Å². The number of ether oxygens (including phenoxy) is 1. The fourth-order valence-electron chi connectivity index (χ4n) is 1.62. The van der Waals surface area contributed by atoms with Crippen LogP contribution in [0.3, 0.4) is 0 Å². The molecule has 1 aromatic heterocycles. The van der Waals surface area contributed by atoms with E-state index in [0.29, 0.717) is 17.4 Å². The minimum atomic E-state index is -2.85. The van der Waals surface area contributed by atoms with Gasteiger partial charge >= 0.3 is 6.61 Å². The molecule has 0 radical (unpaired) electrons. The molecule has 21 heavy (non-hydrogen) atoms. The van der Waals surface area contributed by atoms with Crippen molar-refractivity contribution in [2.24, 2.45) is 0 Å². The van der Waals surface area contributed by atoms with Gasteiger partial charge in [-0.1, -0.05) is 12.1 Å². The SMILES string of the molecule is Nc1nc(CC(=O)NCc2ccc(OC(F)F)cc2)cs1. The van der Waals surface area contributed by atoms with Gasteiger partial charge in [-0.05, 0) is 17.7 Å². The van der Waals surface area contributed by atoms with E-state index < -0.39 is 6.61 Å². The number of nitrogen functional groups attached to an aromatic ring is 1. The molecule has 0 fully saturated rings. The molecule has 0 aliphatic heterocycles. The summed E-state index contributed by atoms with van der Waals surface area (Å²) in [6.07, 6.45) is 0.153. The van der Waals surface area contributed by atoms with Crippen molar-refractivity contribution >= 4 is 22.4 Å². The van der Waals surface area contributed by atoms with Gasteiger partial charge in [-0.2, -0.15) is 8.78 Å². The largest absolute Gasteiger partial charge is 0.435 e. The number of hydrogen-bond acceptors (Lipinski definition) is 5. The van der Waals surface area contributed by atoms with E-state index in [9.17, 15) is 13.6 Å². The Bertz CT molecular complexity index is 602. The number of hydrogen-bond donors (Lipinski definition) is 2. The average Bonchev–Trinajstić information content (AvgIpc) is 2.83. The highest BCUT2D eigenvalue weighted by molar-refractivity contribution is 7.13. The summed E-state index contributed by atoms with van der Waals surface area (Å²) in [6.45, 7) is -2.55. The van der Waals surface area contributed by atoms with Crippen molar-refractivity contribution in [1.29, 1.82) is 0 Å². The number of halogens is 2. The van der Waals surface area contributed by atoms with Crippen LogP contribution in [0.25, 0.3) is 0 Å². The number of amides is 1. The van der Waals surface area contributed by atoms with Crippen molar-refractivity contribution in [3.05, 3.63) is 40.9 Å². The number of carbonyl (C=O) groups is 1. The van der Waals surface area contributed by atoms with Gasteiger partial charge in [0.05, 0.1) is 12.1 Å². The molecule has 1 aromatic carbocycles. The molecule has 112 valence electrons. The third-order valence-electron chi connectivity index (χ3n) is 2.55. The van der Waals surface area contributed by atoms with E-state index in [0.717, 1.165) is 5.56 Å². The first-order valence-corrected chi connectivity index (χ1v) is 6.91. The van der Waals surface area contributed by atoms with Crippen molar-refractivity contribution < 1.29 is 18.3 Å². The molecule has 1 amide bonds. The van der Waals surface area contributed by atoms with E-state index in [1.165, 1.54) is 23.5 Å². The van der Waals surface area contributed by atoms with Crippen LogP contribution in [0.2, 0.25) is 0 Å². The lowest BCUT2D eigenvalue weighted by atomic mass is 10.2. The van der Waals surface area contributed by atoms with E-state index >= 15 is 0 Å². The normalized spacial score (nSPS) is 10.6. The number of rotatable bonds is 6. The molecule has 0 spiro atoms. The number of carbonyl (C=O) groups excluding carboxylic acids is 1. The van der Waals surface area contributed by atoms with Crippen molar-refractivity contribution in [3.63, 3.8) is 0 Å². The van der Waals surface area contributed by atoms with Gasteiger partial charge in [0.25, 0.3) is 0 Å². The van der Waals surface area contributed by atoms with Gasteiger partial charge in [0.2, 0.25) is 5.91 Å². The molecule has 2 aromatic rings. The van der Waals surface area contributed by atoms with E-state index in [1.807, 2.05) is 0 Å². The van der Waals surface area contributed by atoms with E-state index in [1.54, 1.807) is 17.5 Å². The van der Waals surface area contributed by atoms with Gasteiger partial charge in [0.15, 0.2) is 5.13 Å². The number of aromatic nitrogens is 1. The Labute approximate surface area is 123 Å². The van der Waals surface area contributed by atoms with Crippen molar-refractivity contribution in [1.82, 2.24) is 10.3 Å². The standard InChI is InChI=1S/C13H13F2N3O2S/c14-12(15)20-10-3-1-8(2-4-10)6-17-11(19)5-9-7-21-13(16)18-9/h1-4,7,12H,5-6H2,(H2,16,18)(H,17,19). The molecule has 1 heterocycles. The van der Waals surface area contributed by atoms with Gasteiger partial charge < -0.3 is 15.8 Å². The molecule has 0 saturated heterocycles. The van der Waals surface area contributed by atoms with Gasteiger partial charge in [0.1, 0.15) is 5.75 Å². The highest BCUT2D eigenvalue weighted by Crippen LogP contribution is 2.15. The summed E-state index contributed by atoms with van der Waals surface area (Å²) in [5, 5.41) is 4.86. The number of anilines is 1. The number of alkyl halides is 2. The zero-order valence-corrected chi connectivity index (χ0v) is 11.7. The monoisotopic (exact) mass is 313 g/mol. The fraction of sp³-hybridized carbons (Fsp3) is 0.231. The molecular weight excluding hydrogens is 300 g/mol. The predicted molar refractivity (Wildman–Crippen MR) is 75.2 cm³/mol. The zero-order chi connectivity index (χ0) is 15.2. The second-order valence-corrected chi connectivity index (χ2v) is 5.04. The third kappa shape index (κ3) is 4.99. The van der Waals surface area contributed by atoms with Gasteiger partial charge in [-0.15, -0.1) is 11.3 Å². The first kappa shape index (κ1) is 15.2. The molecule has 0 aliphatic rings. The molecule has 0 unspecified atom stereocenters. The van der Waals surface area contributed by atoms with E-state index in [2.05, 4.69) is 15.0 Å². The summed E-state index contributed by atoms with van der Waals surface area (Å²) in [4.78, 5) is 15.7. The summed E-state index contributed by atoms with van der Waals surface area (Å²) < 4.78 is 28.2. The van der Waals surface area contributed by atoms with Gasteiger partial charge in [-0.25, -0.2) is 4.98 Å². The number of benzene rings is 1. The Balaban J connectivity index is 1.81. The zero-order valence-electron chi connectivity index (χ0n) is 10.9. The van der Waals surface area contributed by atoms with Crippen LogP contribution in [0.4, 0.5) is 13.9 Å². The summed E-state index contributed by atoms with van der Waals surface area (Å²) in [5.74, 6) is -0.105. The number of nitrogens with two attached hydrogens (primary N) is 1. The molecule has 8 heteroatoms. The van der Waals surface area contributed by atoms with Gasteiger partial charge in [0, 0.05) is 11.9 Å². The molecule has 3 N–H and O–H groups in total. The highest BCUT2D eigenvalue weighted by Gasteiger charge is 2.07. The van der Waals surface area contributed by atoms with Crippen LogP contribution in [0, 0.1) is 0 Å². The number of nitrogens with zero attached hydrogens (tertiary/aromatic N) is 1. The minimum Gasteiger partial charge on any atom is -0.435 e. The smallest absolute Gasteiger partial charge is 0.387 e. The van der Waals surface area contributed by atoms with Crippen LogP contribution in [-0.2, 0) is 17.8 Å². The summed E-state index contributed by atoms with van der Waals surface area (Å²) in [6, 6.07) is 6.07. The molecule has 0 aliphatic carbocycles. The van der Waals surface area contributed by atoms with Gasteiger partial charge in [-0.3, -0.25) is 4.79 Å². The maximum atomic E-state index is 12.0. The van der Waals surface area contributed by atoms with Crippen molar-refractivity contribution in [3.8, 4) is 5.75 Å². The fourth-order valence-corrected chi connectivity index (χ4v) is 2.18. The number of nitrogens with one attached hydrogen (secondary N) is 1. The maximum absolute atomic E-state index is 12.0. The highest BCUT2D eigenvalue weighted by atomic mass is 32.1. The Morgan fingerprint density at radius 3 is 2.67 bits per heavy atom. The Morgan fingerprint density at radius 1 is 1.38 bits per heavy atom. The number of thiazole rings is 1. The summed E-state index contributed by atoms with van der Waals surface area (Å²) in [5.41, 5.74) is 6.88. The van der Waals surface area contributed by atoms with Crippen LogP contribution < -0.4 is 15.8 Å². The molecule has 0 bridgehead atoms. The topological polar surface area (TPSA) is 77.2 Å². The minimum absolute atomic E-state index is 0.0815.